The fourth-order valence-corrected chi connectivity index (χ4v) is 3.34. The maximum Gasteiger partial charge on any atom is 0.414 e. The number of hydrogen-bond donors (Lipinski definition) is 3. The summed E-state index contributed by atoms with van der Waals surface area (Å²) in [6.45, 7) is 0.810. The van der Waals surface area contributed by atoms with Gasteiger partial charge in [0.2, 0.25) is 5.96 Å². The first-order chi connectivity index (χ1) is 13.9. The van der Waals surface area contributed by atoms with Gasteiger partial charge in [0.1, 0.15) is 11.8 Å². The Balaban J connectivity index is 1.52. The molecule has 1 aromatic carbocycles. The lowest BCUT2D eigenvalue weighted by molar-refractivity contribution is 0.0963. The third-order valence-corrected chi connectivity index (χ3v) is 4.73. The number of hydrazine groups is 1. The van der Waals surface area contributed by atoms with E-state index in [9.17, 15) is 9.18 Å². The highest BCUT2D eigenvalue weighted by molar-refractivity contribution is 5.89. The lowest BCUT2D eigenvalue weighted by Crippen LogP contribution is -2.36. The number of nitrogens with zero attached hydrogens (tertiary/aromatic N) is 6. The standard InChI is InChI=1S/C17H21FN8O3/c1-23(20)22-16(19)24-5-10-6-26(21-14(10)8-24)15-3-2-11(4-13(15)18)25-7-12(9-27)29-17(25)28/h2-4,6,12,27H,5,7-9,20H2,1H3,(H2,19,22)/t12-/m1/s1. The normalized spacial score (nSPS) is 19.0. The third kappa shape index (κ3) is 3.54. The zero-order valence-electron chi connectivity index (χ0n) is 15.7. The van der Waals surface area contributed by atoms with Crippen molar-refractivity contribution in [3.8, 4) is 5.69 Å². The molecule has 3 heterocycles. The fourth-order valence-electron chi connectivity index (χ4n) is 3.34. The molecule has 0 aliphatic carbocycles. The minimum absolute atomic E-state index is 0.168. The monoisotopic (exact) mass is 404 g/mol. The van der Waals surface area contributed by atoms with Crippen LogP contribution in [0, 0.1) is 5.82 Å². The van der Waals surface area contributed by atoms with E-state index in [1.807, 2.05) is 0 Å². The number of nitrogens with two attached hydrogens (primary N) is 2. The van der Waals surface area contributed by atoms with E-state index in [0.717, 1.165) is 16.4 Å². The number of guanidine groups is 1. The Morgan fingerprint density at radius 2 is 2.28 bits per heavy atom. The number of anilines is 1. The summed E-state index contributed by atoms with van der Waals surface area (Å²) >= 11 is 0. The summed E-state index contributed by atoms with van der Waals surface area (Å²) < 4.78 is 21.2. The largest absolute Gasteiger partial charge is 0.441 e. The van der Waals surface area contributed by atoms with Crippen molar-refractivity contribution >= 4 is 17.7 Å². The molecule has 1 saturated heterocycles. The van der Waals surface area contributed by atoms with E-state index in [4.69, 9.17) is 21.4 Å². The Kier molecular flexibility index (Phi) is 4.72. The van der Waals surface area contributed by atoms with Crippen LogP contribution >= 0.6 is 0 Å². The molecule has 1 aromatic heterocycles. The minimum atomic E-state index is -0.614. The van der Waals surface area contributed by atoms with Crippen molar-refractivity contribution in [2.75, 3.05) is 25.1 Å². The molecule has 0 spiro atoms. The van der Waals surface area contributed by atoms with Gasteiger partial charge in [-0.3, -0.25) is 4.90 Å². The lowest BCUT2D eigenvalue weighted by Gasteiger charge is -2.18. The zero-order valence-corrected chi connectivity index (χ0v) is 15.7. The number of ether oxygens (including phenoxy) is 1. The second-order valence-corrected chi connectivity index (χ2v) is 6.87. The van der Waals surface area contributed by atoms with Crippen molar-refractivity contribution in [1.29, 1.82) is 0 Å². The van der Waals surface area contributed by atoms with Gasteiger partial charge in [-0.2, -0.15) is 5.10 Å². The zero-order chi connectivity index (χ0) is 20.7. The minimum Gasteiger partial charge on any atom is -0.441 e. The van der Waals surface area contributed by atoms with Crippen molar-refractivity contribution in [3.63, 3.8) is 0 Å². The molecule has 2 aliphatic heterocycles. The summed E-state index contributed by atoms with van der Waals surface area (Å²) in [5.74, 6) is 5.21. The first-order valence-corrected chi connectivity index (χ1v) is 8.89. The van der Waals surface area contributed by atoms with Crippen LogP contribution in [-0.2, 0) is 17.8 Å². The smallest absolute Gasteiger partial charge is 0.414 e. The highest BCUT2D eigenvalue weighted by atomic mass is 19.1. The number of cyclic esters (lactones) is 1. The Labute approximate surface area is 165 Å². The second-order valence-electron chi connectivity index (χ2n) is 6.87. The SMILES string of the molecule is CN(N)/N=C(\N)N1Cc2cn(-c3ccc(N4C[C@H](CO)OC4=O)cc3F)nc2C1. The fraction of sp³-hybridized carbons (Fsp3) is 0.353. The van der Waals surface area contributed by atoms with Gasteiger partial charge in [0.05, 0.1) is 31.1 Å². The van der Waals surface area contributed by atoms with Crippen LogP contribution in [0.1, 0.15) is 11.3 Å². The Hall–Kier alpha value is -3.38. The van der Waals surface area contributed by atoms with E-state index in [1.165, 1.54) is 15.6 Å². The number of hydrazone groups is 1. The predicted octanol–water partition coefficient (Wildman–Crippen LogP) is -0.320. The Morgan fingerprint density at radius 1 is 1.48 bits per heavy atom. The van der Waals surface area contributed by atoms with Crippen LogP contribution in [0.2, 0.25) is 0 Å². The van der Waals surface area contributed by atoms with E-state index in [0.29, 0.717) is 18.8 Å². The number of carbonyl (C=O) groups excluding carboxylic acids is 1. The quantitative estimate of drug-likeness (QED) is 0.273. The summed E-state index contributed by atoms with van der Waals surface area (Å²) in [5, 5.41) is 18.7. The van der Waals surface area contributed by atoms with Gasteiger partial charge in [0, 0.05) is 25.4 Å². The summed E-state index contributed by atoms with van der Waals surface area (Å²) in [6, 6.07) is 4.40. The van der Waals surface area contributed by atoms with E-state index in [2.05, 4.69) is 10.2 Å². The van der Waals surface area contributed by atoms with Crippen LogP contribution in [0.5, 0.6) is 0 Å². The molecule has 1 amide bonds. The second kappa shape index (κ2) is 7.22. The van der Waals surface area contributed by atoms with Crippen molar-refractivity contribution in [2.24, 2.45) is 16.7 Å². The van der Waals surface area contributed by atoms with Crippen LogP contribution in [0.3, 0.4) is 0 Å². The molecule has 2 aromatic rings. The van der Waals surface area contributed by atoms with E-state index in [1.54, 1.807) is 30.3 Å². The Bertz CT molecular complexity index is 952. The van der Waals surface area contributed by atoms with Crippen molar-refractivity contribution in [1.82, 2.24) is 19.8 Å². The van der Waals surface area contributed by atoms with Gasteiger partial charge < -0.3 is 20.5 Å². The molecule has 0 radical (unpaired) electrons. The van der Waals surface area contributed by atoms with Crippen molar-refractivity contribution < 1.29 is 19.0 Å². The van der Waals surface area contributed by atoms with Crippen LogP contribution in [0.25, 0.3) is 5.69 Å². The molecule has 2 aliphatic rings. The molecule has 154 valence electrons. The number of aliphatic hydroxyl groups excluding tert-OH is 1. The van der Waals surface area contributed by atoms with Gasteiger partial charge in [-0.15, -0.1) is 5.10 Å². The number of carbonyl (C=O) groups is 1. The number of rotatable bonds is 4. The van der Waals surface area contributed by atoms with Crippen LogP contribution in [0.4, 0.5) is 14.9 Å². The maximum absolute atomic E-state index is 14.7. The number of aromatic nitrogens is 2. The molecule has 0 unspecified atom stereocenters. The average molecular weight is 404 g/mol. The van der Waals surface area contributed by atoms with Gasteiger partial charge >= 0.3 is 6.09 Å². The maximum atomic E-state index is 14.7. The van der Waals surface area contributed by atoms with E-state index < -0.39 is 18.0 Å². The molecule has 0 saturated carbocycles. The molecule has 0 bridgehead atoms. The van der Waals surface area contributed by atoms with Crippen molar-refractivity contribution in [3.05, 3.63) is 41.5 Å². The van der Waals surface area contributed by atoms with Crippen LogP contribution in [0.15, 0.2) is 29.5 Å². The predicted molar refractivity (Wildman–Crippen MR) is 101 cm³/mol. The lowest BCUT2D eigenvalue weighted by atomic mass is 10.2. The summed E-state index contributed by atoms with van der Waals surface area (Å²) in [6.07, 6.45) is 0.507. The van der Waals surface area contributed by atoms with Crippen molar-refractivity contribution in [2.45, 2.75) is 19.2 Å². The first kappa shape index (κ1) is 19.0. The molecule has 5 N–H and O–H groups in total. The number of hydrogen-bond acceptors (Lipinski definition) is 7. The molecule has 11 nitrogen and oxygen atoms in total. The number of aliphatic hydroxyl groups is 1. The molecule has 29 heavy (non-hydrogen) atoms. The van der Waals surface area contributed by atoms with Gasteiger partial charge in [0.25, 0.3) is 0 Å². The average Bonchev–Trinajstić information content (AvgIpc) is 3.33. The van der Waals surface area contributed by atoms with Gasteiger partial charge in [-0.1, -0.05) is 0 Å². The topological polar surface area (TPSA) is 138 Å². The van der Waals surface area contributed by atoms with Gasteiger partial charge in [-0.25, -0.2) is 24.8 Å². The van der Waals surface area contributed by atoms with Gasteiger partial charge in [0.15, 0.2) is 5.82 Å². The summed E-state index contributed by atoms with van der Waals surface area (Å²) in [5.41, 5.74) is 8.18. The molecular formula is C17H21FN8O3. The molecule has 4 rings (SSSR count). The summed E-state index contributed by atoms with van der Waals surface area (Å²) in [7, 11) is 1.57. The highest BCUT2D eigenvalue weighted by Crippen LogP contribution is 2.27. The molecule has 12 heteroatoms. The summed E-state index contributed by atoms with van der Waals surface area (Å²) in [4.78, 5) is 15.0. The number of halogens is 1. The van der Waals surface area contributed by atoms with Crippen LogP contribution < -0.4 is 16.5 Å². The first-order valence-electron chi connectivity index (χ1n) is 8.89. The molecule has 1 atom stereocenters. The number of benzene rings is 1. The van der Waals surface area contributed by atoms with Crippen LogP contribution in [-0.4, -0.2) is 63.3 Å². The molecular weight excluding hydrogens is 383 g/mol. The number of fused-ring (bicyclic) bond motifs is 1. The van der Waals surface area contributed by atoms with Gasteiger partial charge in [-0.05, 0) is 18.2 Å². The third-order valence-electron chi connectivity index (χ3n) is 4.73. The number of amides is 1. The molecule has 1 fully saturated rings. The Morgan fingerprint density at radius 3 is 2.90 bits per heavy atom. The van der Waals surface area contributed by atoms with E-state index >= 15 is 0 Å². The van der Waals surface area contributed by atoms with E-state index in [-0.39, 0.29) is 24.8 Å². The highest BCUT2D eigenvalue weighted by Gasteiger charge is 2.32.